The van der Waals surface area contributed by atoms with Crippen LogP contribution < -0.4 is 5.73 Å². The second-order valence-electron chi connectivity index (χ2n) is 4.93. The molecule has 0 amide bonds. The van der Waals surface area contributed by atoms with Gasteiger partial charge in [-0.05, 0) is 37.5 Å². The maximum absolute atomic E-state index is 13.1. The zero-order valence-electron chi connectivity index (χ0n) is 10.0. The molecular formula is C13H17F2NOS. The van der Waals surface area contributed by atoms with E-state index in [1.165, 1.54) is 17.8 Å². The fraction of sp³-hybridized carbons (Fsp3) is 0.538. The zero-order chi connectivity index (χ0) is 13.2. The highest BCUT2D eigenvalue weighted by Crippen LogP contribution is 2.37. The van der Waals surface area contributed by atoms with E-state index in [4.69, 9.17) is 5.73 Å². The van der Waals surface area contributed by atoms with E-state index in [9.17, 15) is 13.9 Å². The smallest absolute Gasteiger partial charge is 0.159 e. The summed E-state index contributed by atoms with van der Waals surface area (Å²) in [5.41, 5.74) is 5.54. The Morgan fingerprint density at radius 1 is 1.39 bits per heavy atom. The van der Waals surface area contributed by atoms with Gasteiger partial charge in [-0.1, -0.05) is 6.42 Å². The lowest BCUT2D eigenvalue weighted by Crippen LogP contribution is -2.48. The monoisotopic (exact) mass is 273 g/mol. The van der Waals surface area contributed by atoms with E-state index in [2.05, 4.69) is 0 Å². The van der Waals surface area contributed by atoms with Crippen molar-refractivity contribution >= 4 is 11.8 Å². The summed E-state index contributed by atoms with van der Waals surface area (Å²) < 4.78 is 25.9. The van der Waals surface area contributed by atoms with Crippen LogP contribution in [0.4, 0.5) is 8.78 Å². The molecule has 100 valence electrons. The highest BCUT2D eigenvalue weighted by molar-refractivity contribution is 8.00. The quantitative estimate of drug-likeness (QED) is 0.890. The van der Waals surface area contributed by atoms with Crippen molar-refractivity contribution in [3.8, 4) is 0 Å². The predicted molar refractivity (Wildman–Crippen MR) is 68.5 cm³/mol. The first-order valence-electron chi connectivity index (χ1n) is 6.04. The molecule has 0 saturated heterocycles. The Balaban J connectivity index is 2.02. The van der Waals surface area contributed by atoms with E-state index >= 15 is 0 Å². The topological polar surface area (TPSA) is 46.2 Å². The lowest BCUT2D eigenvalue weighted by Gasteiger charge is -2.36. The summed E-state index contributed by atoms with van der Waals surface area (Å²) in [6, 6.07) is 3.93. The minimum Gasteiger partial charge on any atom is -0.394 e. The molecule has 2 unspecified atom stereocenters. The second kappa shape index (κ2) is 5.55. The van der Waals surface area contributed by atoms with Gasteiger partial charge in [0.05, 0.1) is 6.61 Å². The SMILES string of the molecule is NC1(CO)CCCC(Sc2ccc(F)c(F)c2)C1. The van der Waals surface area contributed by atoms with Crippen molar-refractivity contribution in [2.75, 3.05) is 6.61 Å². The van der Waals surface area contributed by atoms with Gasteiger partial charge in [0, 0.05) is 15.7 Å². The third kappa shape index (κ3) is 3.22. The third-order valence-corrected chi connectivity index (χ3v) is 4.61. The summed E-state index contributed by atoms with van der Waals surface area (Å²) in [6.45, 7) is -0.0260. The van der Waals surface area contributed by atoms with Crippen molar-refractivity contribution in [3.63, 3.8) is 0 Å². The molecule has 0 bridgehead atoms. The minimum atomic E-state index is -0.827. The second-order valence-corrected chi connectivity index (χ2v) is 6.31. The average molecular weight is 273 g/mol. The summed E-state index contributed by atoms with van der Waals surface area (Å²) in [5, 5.41) is 9.52. The summed E-state index contributed by atoms with van der Waals surface area (Å²) in [4.78, 5) is 0.709. The van der Waals surface area contributed by atoms with Crippen molar-refractivity contribution in [2.24, 2.45) is 5.73 Å². The molecule has 0 radical (unpaired) electrons. The van der Waals surface area contributed by atoms with E-state index in [0.29, 0.717) is 11.3 Å². The van der Waals surface area contributed by atoms with Gasteiger partial charge in [0.2, 0.25) is 0 Å². The van der Waals surface area contributed by atoms with Gasteiger partial charge in [0.25, 0.3) is 0 Å². The molecule has 2 rings (SSSR count). The highest BCUT2D eigenvalue weighted by Gasteiger charge is 2.32. The van der Waals surface area contributed by atoms with E-state index in [1.807, 2.05) is 0 Å². The Hall–Kier alpha value is -0.650. The van der Waals surface area contributed by atoms with Crippen LogP contribution >= 0.6 is 11.8 Å². The molecule has 0 spiro atoms. The molecule has 1 fully saturated rings. The van der Waals surface area contributed by atoms with Crippen LogP contribution in [0, 0.1) is 11.6 Å². The Kier molecular flexibility index (Phi) is 4.25. The van der Waals surface area contributed by atoms with Crippen molar-refractivity contribution < 1.29 is 13.9 Å². The summed E-state index contributed by atoms with van der Waals surface area (Å²) in [6.07, 6.45) is 3.46. The molecule has 0 aromatic heterocycles. The molecule has 1 aromatic rings. The van der Waals surface area contributed by atoms with Crippen molar-refractivity contribution in [1.82, 2.24) is 0 Å². The van der Waals surface area contributed by atoms with Crippen molar-refractivity contribution in [3.05, 3.63) is 29.8 Å². The van der Waals surface area contributed by atoms with Gasteiger partial charge in [-0.25, -0.2) is 8.78 Å². The number of thioether (sulfide) groups is 1. The third-order valence-electron chi connectivity index (χ3n) is 3.34. The van der Waals surface area contributed by atoms with Crippen LogP contribution in [0.5, 0.6) is 0 Å². The first kappa shape index (κ1) is 13.8. The molecule has 2 atom stereocenters. The molecule has 18 heavy (non-hydrogen) atoms. The average Bonchev–Trinajstić information content (AvgIpc) is 2.34. The van der Waals surface area contributed by atoms with Crippen LogP contribution in [0.3, 0.4) is 0 Å². The molecule has 0 heterocycles. The van der Waals surface area contributed by atoms with Crippen LogP contribution in [-0.4, -0.2) is 22.5 Å². The van der Waals surface area contributed by atoms with Gasteiger partial charge in [-0.2, -0.15) is 0 Å². The van der Waals surface area contributed by atoms with Crippen LogP contribution in [0.2, 0.25) is 0 Å². The van der Waals surface area contributed by atoms with Gasteiger partial charge >= 0.3 is 0 Å². The Bertz CT molecular complexity index is 429. The van der Waals surface area contributed by atoms with E-state index in [0.717, 1.165) is 25.3 Å². The van der Waals surface area contributed by atoms with E-state index in [1.54, 1.807) is 6.07 Å². The number of hydrogen-bond acceptors (Lipinski definition) is 3. The number of hydrogen-bond donors (Lipinski definition) is 2. The highest BCUT2D eigenvalue weighted by atomic mass is 32.2. The minimum absolute atomic E-state index is 0.0260. The van der Waals surface area contributed by atoms with Gasteiger partial charge < -0.3 is 10.8 Å². The first-order valence-corrected chi connectivity index (χ1v) is 6.92. The molecule has 0 aliphatic heterocycles. The van der Waals surface area contributed by atoms with Crippen LogP contribution in [-0.2, 0) is 0 Å². The largest absolute Gasteiger partial charge is 0.394 e. The van der Waals surface area contributed by atoms with Gasteiger partial charge in [-0.15, -0.1) is 11.8 Å². The zero-order valence-corrected chi connectivity index (χ0v) is 10.9. The molecular weight excluding hydrogens is 256 g/mol. The molecule has 1 aliphatic rings. The Labute approximate surface area is 110 Å². The van der Waals surface area contributed by atoms with E-state index in [-0.39, 0.29) is 11.9 Å². The normalized spacial score (nSPS) is 28.3. The lowest BCUT2D eigenvalue weighted by molar-refractivity contribution is 0.159. The maximum Gasteiger partial charge on any atom is 0.159 e. The molecule has 2 nitrogen and oxygen atoms in total. The van der Waals surface area contributed by atoms with E-state index < -0.39 is 17.2 Å². The van der Waals surface area contributed by atoms with Crippen molar-refractivity contribution in [1.29, 1.82) is 0 Å². The van der Waals surface area contributed by atoms with Gasteiger partial charge in [0.15, 0.2) is 11.6 Å². The van der Waals surface area contributed by atoms with Gasteiger partial charge in [-0.3, -0.25) is 0 Å². The number of rotatable bonds is 3. The lowest BCUT2D eigenvalue weighted by atomic mass is 9.83. The molecule has 5 heteroatoms. The number of benzene rings is 1. The Morgan fingerprint density at radius 2 is 2.17 bits per heavy atom. The number of aliphatic hydroxyl groups is 1. The Morgan fingerprint density at radius 3 is 2.83 bits per heavy atom. The molecule has 1 saturated carbocycles. The fourth-order valence-electron chi connectivity index (χ4n) is 2.33. The summed E-state index contributed by atoms with van der Waals surface area (Å²) in [7, 11) is 0. The van der Waals surface area contributed by atoms with Crippen LogP contribution in [0.15, 0.2) is 23.1 Å². The molecule has 3 N–H and O–H groups in total. The number of halogens is 2. The first-order chi connectivity index (χ1) is 8.52. The maximum atomic E-state index is 13.1. The van der Waals surface area contributed by atoms with Crippen LogP contribution in [0.25, 0.3) is 0 Å². The van der Waals surface area contributed by atoms with Crippen LogP contribution in [0.1, 0.15) is 25.7 Å². The summed E-state index contributed by atoms with van der Waals surface area (Å²) >= 11 is 1.51. The summed E-state index contributed by atoms with van der Waals surface area (Å²) in [5.74, 6) is -1.65. The molecule has 1 aromatic carbocycles. The fourth-order valence-corrected chi connectivity index (χ4v) is 3.73. The van der Waals surface area contributed by atoms with Gasteiger partial charge in [0.1, 0.15) is 0 Å². The standard InChI is InChI=1S/C13H17F2NOS/c14-11-4-3-9(6-12(11)15)18-10-2-1-5-13(16,7-10)8-17/h3-4,6,10,17H,1-2,5,7-8,16H2. The van der Waals surface area contributed by atoms with Crippen molar-refractivity contribution in [2.45, 2.75) is 41.4 Å². The molecule has 1 aliphatic carbocycles. The number of aliphatic hydroxyl groups excluding tert-OH is 1. The predicted octanol–water partition coefficient (Wildman–Crippen LogP) is 2.69. The number of nitrogens with two attached hydrogens (primary N) is 1.